The number of carboxylic acids is 1. The van der Waals surface area contributed by atoms with Gasteiger partial charge in [-0.1, -0.05) is 149 Å². The van der Waals surface area contributed by atoms with Crippen LogP contribution in [0.25, 0.3) is 0 Å². The maximum absolute atomic E-state index is 12.6. The van der Waals surface area contributed by atoms with Crippen LogP contribution in [-0.2, 0) is 37.5 Å². The molecule has 5 atom stereocenters. The highest BCUT2D eigenvalue weighted by Gasteiger charge is 2.28. The standard InChI is InChI=1S/C48H76NO12P/c1-3-5-7-8-9-10-11-12-13-14-15-16-17-18-19-20-24-27-31-37-47(53)61-44(40-59-62(56,57)60-41-45(49)48(54)55)39-58-46(52)38-32-36-43(51)35-30-26-23-21-22-25-29-34-42(50)33-28-6-4-2/h5,7,9-10,12-13,15-16,18-19,22-23,25-26,29-30,34-35,42-45,50-51H,3-4,6,8,11,14,17,20-21,24,27-28,31-33,36-41,49H2,1-2H3,(H,54,55)(H,56,57)/b7-5-,10-9-,13-12-,16-15-,19-18-,25-22-,26-23-,34-29+,35-30+/t42-,43-,44+,45-/m0/s1. The molecule has 0 radical (unpaired) electrons. The first-order valence-corrected chi connectivity index (χ1v) is 23.6. The molecule has 0 spiro atoms. The lowest BCUT2D eigenvalue weighted by atomic mass is 10.1. The van der Waals surface area contributed by atoms with Crippen molar-refractivity contribution >= 4 is 25.7 Å². The van der Waals surface area contributed by atoms with Crippen LogP contribution in [-0.4, -0.2) is 82.3 Å². The van der Waals surface area contributed by atoms with Gasteiger partial charge in [0.1, 0.15) is 12.6 Å². The Bertz CT molecular complexity index is 1500. The van der Waals surface area contributed by atoms with E-state index in [4.69, 9.17) is 24.8 Å². The van der Waals surface area contributed by atoms with Crippen molar-refractivity contribution in [1.29, 1.82) is 0 Å². The van der Waals surface area contributed by atoms with Gasteiger partial charge in [0, 0.05) is 12.8 Å². The number of unbranched alkanes of at least 4 members (excludes halogenated alkanes) is 5. The Labute approximate surface area is 371 Å². The summed E-state index contributed by atoms with van der Waals surface area (Å²) >= 11 is 0. The van der Waals surface area contributed by atoms with Crippen LogP contribution >= 0.6 is 7.82 Å². The Morgan fingerprint density at radius 3 is 1.68 bits per heavy atom. The van der Waals surface area contributed by atoms with Crippen LogP contribution < -0.4 is 5.73 Å². The number of ether oxygens (including phenoxy) is 2. The zero-order valence-electron chi connectivity index (χ0n) is 37.1. The third-order valence-electron chi connectivity index (χ3n) is 8.71. The van der Waals surface area contributed by atoms with E-state index in [1.807, 2.05) is 24.3 Å². The zero-order valence-corrected chi connectivity index (χ0v) is 38.0. The average molecular weight is 890 g/mol. The number of carbonyl (C=O) groups excluding carboxylic acids is 2. The van der Waals surface area contributed by atoms with Crippen molar-refractivity contribution in [3.8, 4) is 0 Å². The molecule has 14 heteroatoms. The second-order valence-electron chi connectivity index (χ2n) is 14.5. The number of carbonyl (C=O) groups is 3. The molecule has 350 valence electrons. The molecular formula is C48H76NO12P. The van der Waals surface area contributed by atoms with Gasteiger partial charge < -0.3 is 35.4 Å². The summed E-state index contributed by atoms with van der Waals surface area (Å²) < 4.78 is 32.5. The number of aliphatic hydroxyl groups is 2. The fraction of sp³-hybridized carbons (Fsp3) is 0.562. The molecular weight excluding hydrogens is 813 g/mol. The maximum atomic E-state index is 12.6. The fourth-order valence-corrected chi connectivity index (χ4v) is 5.96. The first kappa shape index (κ1) is 58.1. The Balaban J connectivity index is 4.67. The molecule has 6 N–H and O–H groups in total. The smallest absolute Gasteiger partial charge is 0.472 e. The lowest BCUT2D eigenvalue weighted by Gasteiger charge is -2.20. The van der Waals surface area contributed by atoms with Crippen LogP contribution in [0.15, 0.2) is 109 Å². The number of esters is 2. The minimum atomic E-state index is -4.79. The number of aliphatic hydroxyl groups excluding tert-OH is 2. The number of nitrogens with two attached hydrogens (primary N) is 1. The first-order chi connectivity index (χ1) is 29.9. The van der Waals surface area contributed by atoms with Gasteiger partial charge in [0.15, 0.2) is 6.10 Å². The van der Waals surface area contributed by atoms with E-state index < -0.39 is 69.9 Å². The summed E-state index contributed by atoms with van der Waals surface area (Å²) in [6.45, 7) is 2.30. The van der Waals surface area contributed by atoms with Crippen molar-refractivity contribution in [2.24, 2.45) is 5.73 Å². The van der Waals surface area contributed by atoms with Crippen LogP contribution in [0.1, 0.15) is 129 Å². The van der Waals surface area contributed by atoms with E-state index in [1.165, 1.54) is 0 Å². The second kappa shape index (κ2) is 41.1. The number of allylic oxidation sites excluding steroid dienone is 16. The number of rotatable bonds is 39. The van der Waals surface area contributed by atoms with Crippen molar-refractivity contribution < 1.29 is 57.7 Å². The Morgan fingerprint density at radius 1 is 0.597 bits per heavy atom. The van der Waals surface area contributed by atoms with Crippen LogP contribution in [0.4, 0.5) is 0 Å². The maximum Gasteiger partial charge on any atom is 0.472 e. The van der Waals surface area contributed by atoms with Crippen molar-refractivity contribution in [1.82, 2.24) is 0 Å². The minimum Gasteiger partial charge on any atom is -0.480 e. The summed E-state index contributed by atoms with van der Waals surface area (Å²) in [7, 11) is -4.79. The summed E-state index contributed by atoms with van der Waals surface area (Å²) in [5.41, 5.74) is 5.32. The number of hydrogen-bond acceptors (Lipinski definition) is 11. The van der Waals surface area contributed by atoms with Crippen LogP contribution in [0.5, 0.6) is 0 Å². The van der Waals surface area contributed by atoms with Gasteiger partial charge in [-0.15, -0.1) is 0 Å². The lowest BCUT2D eigenvalue weighted by Crippen LogP contribution is -2.34. The highest BCUT2D eigenvalue weighted by molar-refractivity contribution is 7.47. The largest absolute Gasteiger partial charge is 0.480 e. The lowest BCUT2D eigenvalue weighted by molar-refractivity contribution is -0.161. The third kappa shape index (κ3) is 40.2. The Morgan fingerprint density at radius 2 is 1.11 bits per heavy atom. The molecule has 0 bridgehead atoms. The third-order valence-corrected chi connectivity index (χ3v) is 9.66. The molecule has 0 aromatic carbocycles. The summed E-state index contributed by atoms with van der Waals surface area (Å²) in [6, 6.07) is -1.57. The molecule has 0 heterocycles. The first-order valence-electron chi connectivity index (χ1n) is 22.1. The molecule has 13 nitrogen and oxygen atoms in total. The van der Waals surface area contributed by atoms with Crippen molar-refractivity contribution in [3.05, 3.63) is 109 Å². The quantitative estimate of drug-likeness (QED) is 0.0128. The molecule has 0 aliphatic rings. The molecule has 0 amide bonds. The molecule has 0 rings (SSSR count). The molecule has 0 fully saturated rings. The normalized spacial score (nSPS) is 15.7. The van der Waals surface area contributed by atoms with Crippen molar-refractivity contribution in [2.45, 2.75) is 154 Å². The highest BCUT2D eigenvalue weighted by Crippen LogP contribution is 2.43. The summed E-state index contributed by atoms with van der Waals surface area (Å²) in [6.07, 6.45) is 46.5. The van der Waals surface area contributed by atoms with Crippen LogP contribution in [0, 0.1) is 0 Å². The van der Waals surface area contributed by atoms with Crippen molar-refractivity contribution in [3.63, 3.8) is 0 Å². The van der Waals surface area contributed by atoms with E-state index in [9.17, 15) is 34.1 Å². The number of phosphoric ester groups is 1. The van der Waals surface area contributed by atoms with E-state index >= 15 is 0 Å². The molecule has 0 aromatic rings. The van der Waals surface area contributed by atoms with Gasteiger partial charge in [-0.3, -0.25) is 23.4 Å². The number of phosphoric acid groups is 1. The van der Waals surface area contributed by atoms with E-state index in [-0.39, 0.29) is 19.3 Å². The average Bonchev–Trinajstić information content (AvgIpc) is 3.24. The van der Waals surface area contributed by atoms with E-state index in [0.717, 1.165) is 77.0 Å². The van der Waals surface area contributed by atoms with Crippen molar-refractivity contribution in [2.75, 3.05) is 19.8 Å². The molecule has 0 aromatic heterocycles. The topological polar surface area (TPSA) is 212 Å². The van der Waals surface area contributed by atoms with Gasteiger partial charge in [0.05, 0.1) is 25.4 Å². The summed E-state index contributed by atoms with van der Waals surface area (Å²) in [5, 5.41) is 29.0. The number of hydrogen-bond donors (Lipinski definition) is 5. The zero-order chi connectivity index (χ0) is 45.9. The van der Waals surface area contributed by atoms with Crippen LogP contribution in [0.3, 0.4) is 0 Å². The molecule has 0 aliphatic heterocycles. The summed E-state index contributed by atoms with van der Waals surface area (Å²) in [4.78, 5) is 46.0. The predicted octanol–water partition coefficient (Wildman–Crippen LogP) is 9.78. The Hall–Kier alpha value is -3.94. The molecule has 62 heavy (non-hydrogen) atoms. The predicted molar refractivity (Wildman–Crippen MR) is 247 cm³/mol. The monoisotopic (exact) mass is 890 g/mol. The van der Waals surface area contributed by atoms with Gasteiger partial charge in [-0.25, -0.2) is 4.57 Å². The second-order valence-corrected chi connectivity index (χ2v) is 15.9. The van der Waals surface area contributed by atoms with Crippen LogP contribution in [0.2, 0.25) is 0 Å². The molecule has 0 saturated heterocycles. The van der Waals surface area contributed by atoms with E-state index in [0.29, 0.717) is 19.3 Å². The Kier molecular flexibility index (Phi) is 38.5. The molecule has 1 unspecified atom stereocenters. The summed E-state index contributed by atoms with van der Waals surface area (Å²) in [5.74, 6) is -2.70. The SMILES string of the molecule is CC/C=C\C/C=C\C/C=C\C/C=C\C/C=C\CCCCCC(=O)O[C@H](COC(=O)CCC[C@@H](O)/C=C/C=C\C/C=C\C=C\[C@@H](O)CCCCC)COP(=O)(O)OC[C@H](N)C(=O)O. The van der Waals surface area contributed by atoms with Gasteiger partial charge in [0.2, 0.25) is 0 Å². The number of aliphatic carboxylic acids is 1. The van der Waals surface area contributed by atoms with Gasteiger partial charge in [-0.05, 0) is 77.0 Å². The van der Waals surface area contributed by atoms with E-state index in [2.05, 4.69) is 79.1 Å². The highest BCUT2D eigenvalue weighted by atomic mass is 31.2. The molecule has 0 aliphatic carbocycles. The minimum absolute atomic E-state index is 0.0412. The van der Waals surface area contributed by atoms with Gasteiger partial charge in [-0.2, -0.15) is 0 Å². The molecule has 0 saturated carbocycles. The fourth-order valence-electron chi connectivity index (χ4n) is 5.19. The van der Waals surface area contributed by atoms with Gasteiger partial charge >= 0.3 is 25.7 Å². The van der Waals surface area contributed by atoms with E-state index in [1.54, 1.807) is 24.3 Å². The van der Waals surface area contributed by atoms with Gasteiger partial charge in [0.25, 0.3) is 0 Å². The number of carboxylic acid groups (broad SMARTS) is 1.